The van der Waals surface area contributed by atoms with Gasteiger partial charge in [0.15, 0.2) is 0 Å². The second-order valence-electron chi connectivity index (χ2n) is 7.49. The van der Waals surface area contributed by atoms with Gasteiger partial charge in [-0.1, -0.05) is 23.7 Å². The van der Waals surface area contributed by atoms with Gasteiger partial charge in [-0.05, 0) is 37.0 Å². The highest BCUT2D eigenvalue weighted by molar-refractivity contribution is 6.30. The summed E-state index contributed by atoms with van der Waals surface area (Å²) in [6.07, 6.45) is 2.97. The van der Waals surface area contributed by atoms with Crippen LogP contribution in [0.1, 0.15) is 31.2 Å². The van der Waals surface area contributed by atoms with Gasteiger partial charge in [0.1, 0.15) is 0 Å². The summed E-state index contributed by atoms with van der Waals surface area (Å²) in [5.74, 6) is 0.00787. The van der Waals surface area contributed by atoms with Gasteiger partial charge in [0.2, 0.25) is 11.8 Å². The Hall–Kier alpha value is -1.59. The monoisotopic (exact) mass is 364 g/mol. The highest BCUT2D eigenvalue weighted by atomic mass is 35.5. The van der Waals surface area contributed by atoms with Crippen LogP contribution in [0.4, 0.5) is 0 Å². The van der Waals surface area contributed by atoms with Crippen molar-refractivity contribution in [3.8, 4) is 0 Å². The lowest BCUT2D eigenvalue weighted by atomic mass is 9.95. The number of nitrogens with zero attached hydrogens (tertiary/aromatic N) is 2. The number of benzene rings is 1. The summed E-state index contributed by atoms with van der Waals surface area (Å²) in [5, 5.41) is 10.1. The van der Waals surface area contributed by atoms with E-state index >= 15 is 0 Å². The predicted octanol–water partition coefficient (Wildman–Crippen LogP) is 2.31. The smallest absolute Gasteiger partial charge is 0.227 e. The van der Waals surface area contributed by atoms with E-state index in [2.05, 4.69) is 0 Å². The molecule has 5 nitrogen and oxygen atoms in total. The fraction of sp³-hybridized carbons (Fsp3) is 0.579. The summed E-state index contributed by atoms with van der Waals surface area (Å²) >= 11 is 5.90. The highest BCUT2D eigenvalue weighted by Crippen LogP contribution is 2.45. The number of hydrogen-bond acceptors (Lipinski definition) is 3. The molecule has 0 aromatic heterocycles. The van der Waals surface area contributed by atoms with Crippen LogP contribution in [0, 0.1) is 11.3 Å². The van der Waals surface area contributed by atoms with Crippen molar-refractivity contribution in [2.24, 2.45) is 11.3 Å². The summed E-state index contributed by atoms with van der Waals surface area (Å²) in [6, 6.07) is 7.44. The molecule has 0 bridgehead atoms. The van der Waals surface area contributed by atoms with E-state index in [0.29, 0.717) is 37.5 Å². The van der Waals surface area contributed by atoms with Gasteiger partial charge >= 0.3 is 0 Å². The Bertz CT molecular complexity index is 643. The molecule has 1 saturated carbocycles. The summed E-state index contributed by atoms with van der Waals surface area (Å²) in [4.78, 5) is 28.5. The number of aliphatic hydroxyl groups is 1. The third-order valence-electron chi connectivity index (χ3n) is 5.38. The second-order valence-corrected chi connectivity index (χ2v) is 7.93. The van der Waals surface area contributed by atoms with E-state index in [-0.39, 0.29) is 29.8 Å². The van der Waals surface area contributed by atoms with E-state index in [0.717, 1.165) is 18.4 Å². The maximum atomic E-state index is 12.8. The average Bonchev–Trinajstić information content (AvgIpc) is 3.38. The number of aliphatic hydroxyl groups excluding tert-OH is 1. The average molecular weight is 365 g/mol. The molecule has 0 spiro atoms. The molecule has 2 aliphatic rings. The van der Waals surface area contributed by atoms with E-state index in [1.54, 1.807) is 16.8 Å². The van der Waals surface area contributed by atoms with Crippen LogP contribution in [-0.4, -0.2) is 53.5 Å². The molecule has 136 valence electrons. The summed E-state index contributed by atoms with van der Waals surface area (Å²) < 4.78 is 0. The molecular formula is C19H25ClN2O3. The number of carbonyl (C=O) groups is 2. The highest BCUT2D eigenvalue weighted by Gasteiger charge is 2.44. The van der Waals surface area contributed by atoms with Crippen LogP contribution >= 0.6 is 11.6 Å². The van der Waals surface area contributed by atoms with Crippen LogP contribution in [0.25, 0.3) is 0 Å². The minimum absolute atomic E-state index is 0.0772. The van der Waals surface area contributed by atoms with Crippen LogP contribution in [0.15, 0.2) is 24.3 Å². The predicted molar refractivity (Wildman–Crippen MR) is 96.0 cm³/mol. The number of hydrogen-bond donors (Lipinski definition) is 1. The fourth-order valence-electron chi connectivity index (χ4n) is 3.52. The van der Waals surface area contributed by atoms with Crippen molar-refractivity contribution in [1.82, 2.24) is 9.80 Å². The van der Waals surface area contributed by atoms with Crippen LogP contribution in [-0.2, 0) is 16.1 Å². The first kappa shape index (κ1) is 18.2. The summed E-state index contributed by atoms with van der Waals surface area (Å²) in [7, 11) is 1.80. The Balaban J connectivity index is 1.60. The molecule has 1 heterocycles. The normalized spacial score (nSPS) is 22.0. The lowest BCUT2D eigenvalue weighted by Crippen LogP contribution is -2.47. The van der Waals surface area contributed by atoms with Crippen molar-refractivity contribution in [3.05, 3.63) is 34.9 Å². The Morgan fingerprint density at radius 1 is 1.36 bits per heavy atom. The van der Waals surface area contributed by atoms with Gasteiger partial charge in [0.25, 0.3) is 0 Å². The number of amides is 2. The third-order valence-corrected chi connectivity index (χ3v) is 5.63. The first-order valence-electron chi connectivity index (χ1n) is 8.80. The van der Waals surface area contributed by atoms with Crippen molar-refractivity contribution in [3.63, 3.8) is 0 Å². The molecule has 1 aliphatic heterocycles. The summed E-state index contributed by atoms with van der Waals surface area (Å²) in [5.41, 5.74) is 0.925. The molecule has 0 radical (unpaired) electrons. The molecule has 0 unspecified atom stereocenters. The van der Waals surface area contributed by atoms with Crippen molar-refractivity contribution < 1.29 is 14.7 Å². The Morgan fingerprint density at radius 3 is 2.64 bits per heavy atom. The van der Waals surface area contributed by atoms with E-state index in [9.17, 15) is 14.7 Å². The molecule has 1 atom stereocenters. The van der Waals surface area contributed by atoms with Gasteiger partial charge in [-0.2, -0.15) is 0 Å². The first-order valence-corrected chi connectivity index (χ1v) is 9.18. The van der Waals surface area contributed by atoms with E-state index in [1.807, 2.05) is 24.3 Å². The zero-order chi connectivity index (χ0) is 18.0. The topological polar surface area (TPSA) is 60.9 Å². The maximum Gasteiger partial charge on any atom is 0.227 e. The molecule has 1 aromatic carbocycles. The van der Waals surface area contributed by atoms with Gasteiger partial charge in [-0.15, -0.1) is 0 Å². The number of likely N-dealkylation sites (tertiary alicyclic amines) is 1. The van der Waals surface area contributed by atoms with Gasteiger partial charge < -0.3 is 14.9 Å². The van der Waals surface area contributed by atoms with Gasteiger partial charge in [-0.25, -0.2) is 0 Å². The molecular weight excluding hydrogens is 340 g/mol. The molecule has 1 N–H and O–H groups in total. The van der Waals surface area contributed by atoms with Crippen molar-refractivity contribution in [2.45, 2.75) is 32.2 Å². The van der Waals surface area contributed by atoms with Gasteiger partial charge in [0.05, 0.1) is 12.5 Å². The Morgan fingerprint density at radius 2 is 2.04 bits per heavy atom. The fourth-order valence-corrected chi connectivity index (χ4v) is 3.64. The minimum Gasteiger partial charge on any atom is -0.396 e. The standard InChI is InChI=1S/C19H25ClN2O3/c1-21(12-19(13-23)8-9-19)18(25)15-4-7-17(24)22(11-15)10-14-2-5-16(20)6-3-14/h2-3,5-6,15,23H,4,7-13H2,1H3/t15-/m0/s1. The zero-order valence-electron chi connectivity index (χ0n) is 14.6. The number of halogens is 1. The van der Waals surface area contributed by atoms with E-state index in [1.165, 1.54) is 0 Å². The lowest BCUT2D eigenvalue weighted by Gasteiger charge is -2.34. The van der Waals surface area contributed by atoms with Crippen molar-refractivity contribution >= 4 is 23.4 Å². The Kier molecular flexibility index (Phi) is 5.35. The lowest BCUT2D eigenvalue weighted by molar-refractivity contribution is -0.143. The maximum absolute atomic E-state index is 12.8. The molecule has 6 heteroatoms. The molecule has 2 fully saturated rings. The quantitative estimate of drug-likeness (QED) is 0.842. The van der Waals surface area contributed by atoms with Crippen LogP contribution in [0.2, 0.25) is 5.02 Å². The van der Waals surface area contributed by atoms with Gasteiger partial charge in [0, 0.05) is 43.5 Å². The zero-order valence-corrected chi connectivity index (χ0v) is 15.3. The molecule has 1 aliphatic carbocycles. The molecule has 3 rings (SSSR count). The van der Waals surface area contributed by atoms with E-state index < -0.39 is 0 Å². The van der Waals surface area contributed by atoms with Crippen molar-refractivity contribution in [2.75, 3.05) is 26.7 Å². The molecule has 25 heavy (non-hydrogen) atoms. The minimum atomic E-state index is -0.163. The number of piperidine rings is 1. The molecule has 1 aromatic rings. The number of carbonyl (C=O) groups excluding carboxylic acids is 2. The molecule has 2 amide bonds. The summed E-state index contributed by atoms with van der Waals surface area (Å²) in [6.45, 7) is 1.70. The molecule has 1 saturated heterocycles. The van der Waals surface area contributed by atoms with Crippen LogP contribution in [0.5, 0.6) is 0 Å². The largest absolute Gasteiger partial charge is 0.396 e. The van der Waals surface area contributed by atoms with Crippen LogP contribution < -0.4 is 0 Å². The van der Waals surface area contributed by atoms with E-state index in [4.69, 9.17) is 11.6 Å². The Labute approximate surface area is 153 Å². The number of rotatable bonds is 6. The first-order chi connectivity index (χ1) is 11.9. The van der Waals surface area contributed by atoms with Gasteiger partial charge in [-0.3, -0.25) is 9.59 Å². The SMILES string of the molecule is CN(CC1(CO)CC1)C(=O)[C@H]1CCC(=O)N(Cc2ccc(Cl)cc2)C1. The van der Waals surface area contributed by atoms with Crippen LogP contribution in [0.3, 0.4) is 0 Å². The second kappa shape index (κ2) is 7.34. The van der Waals surface area contributed by atoms with Crippen molar-refractivity contribution in [1.29, 1.82) is 0 Å². The third kappa shape index (κ3) is 4.33.